The first-order valence-corrected chi connectivity index (χ1v) is 11.1. The van der Waals surface area contributed by atoms with Crippen LogP contribution in [0.5, 0.6) is 0 Å². The average molecular weight is 407 g/mol. The Bertz CT molecular complexity index is 610. The Kier molecular flexibility index (Phi) is 10.2. The minimum atomic E-state index is 0.0176. The van der Waals surface area contributed by atoms with E-state index in [1.807, 2.05) is 18.7 Å². The van der Waals surface area contributed by atoms with Crippen LogP contribution in [0.25, 0.3) is 0 Å². The number of carbonyl (C=O) groups excluding carboxylic acids is 1. The Labute approximate surface area is 173 Å². The maximum atomic E-state index is 12.0. The molecular formula is C21H34N4O2S. The van der Waals surface area contributed by atoms with Crippen molar-refractivity contribution < 1.29 is 9.53 Å². The minimum Gasteiger partial charge on any atom is -0.382 e. The average Bonchev–Trinajstić information content (AvgIpc) is 3.17. The number of likely N-dealkylation sites (N-methyl/N-ethyl adjacent to an activating group) is 1. The first kappa shape index (κ1) is 22.6. The number of likely N-dealkylation sites (tertiary alicyclic amines) is 1. The number of rotatable bonds is 10. The van der Waals surface area contributed by atoms with Crippen LogP contribution in [-0.2, 0) is 9.53 Å². The van der Waals surface area contributed by atoms with Crippen LogP contribution in [-0.4, -0.2) is 80.9 Å². The molecule has 0 bridgehead atoms. The van der Waals surface area contributed by atoms with Crippen LogP contribution in [0.4, 0.5) is 0 Å². The lowest BCUT2D eigenvalue weighted by molar-refractivity contribution is -0.127. The lowest BCUT2D eigenvalue weighted by Crippen LogP contribution is -2.41. The zero-order valence-corrected chi connectivity index (χ0v) is 18.2. The van der Waals surface area contributed by atoms with Gasteiger partial charge in [-0.2, -0.15) is 0 Å². The number of benzene rings is 1. The second kappa shape index (κ2) is 12.7. The molecule has 1 unspecified atom stereocenters. The monoisotopic (exact) mass is 406 g/mol. The standard InChI is InChI=1S/C21H34N4O2S/c1-4-27-14-8-12-22-21(23-15-20(26)24(2)3)25-13-11-18(16-25)17-28-19-9-6-5-7-10-19/h5-7,9-10,18H,4,8,11-17H2,1-3H3,(H,22,23). The number of nitrogens with zero attached hydrogens (tertiary/aromatic N) is 3. The lowest BCUT2D eigenvalue weighted by Gasteiger charge is -2.22. The van der Waals surface area contributed by atoms with Gasteiger partial charge in [0.15, 0.2) is 5.96 Å². The summed E-state index contributed by atoms with van der Waals surface area (Å²) in [6.07, 6.45) is 2.08. The molecule has 1 aromatic carbocycles. The maximum absolute atomic E-state index is 12.0. The predicted molar refractivity (Wildman–Crippen MR) is 117 cm³/mol. The summed E-state index contributed by atoms with van der Waals surface area (Å²) < 4.78 is 5.40. The maximum Gasteiger partial charge on any atom is 0.243 e. The summed E-state index contributed by atoms with van der Waals surface area (Å²) in [6, 6.07) is 10.6. The van der Waals surface area contributed by atoms with Crippen molar-refractivity contribution in [3.05, 3.63) is 30.3 Å². The molecule has 1 N–H and O–H groups in total. The van der Waals surface area contributed by atoms with Crippen LogP contribution in [0, 0.1) is 5.92 Å². The normalized spacial score (nSPS) is 17.0. The highest BCUT2D eigenvalue weighted by atomic mass is 32.2. The van der Waals surface area contributed by atoms with Gasteiger partial charge in [-0.3, -0.25) is 4.79 Å². The van der Waals surface area contributed by atoms with E-state index < -0.39 is 0 Å². The molecular weight excluding hydrogens is 372 g/mol. The molecule has 1 aromatic rings. The van der Waals surface area contributed by atoms with Crippen molar-refractivity contribution in [3.8, 4) is 0 Å². The predicted octanol–water partition coefficient (Wildman–Crippen LogP) is 2.56. The Balaban J connectivity index is 1.86. The second-order valence-corrected chi connectivity index (χ2v) is 8.22. The fourth-order valence-corrected chi connectivity index (χ4v) is 4.01. The summed E-state index contributed by atoms with van der Waals surface area (Å²) in [6.45, 7) is 6.43. The van der Waals surface area contributed by atoms with Crippen molar-refractivity contribution in [2.75, 3.05) is 59.2 Å². The number of nitrogens with one attached hydrogen (secondary N) is 1. The van der Waals surface area contributed by atoms with Crippen molar-refractivity contribution in [2.45, 2.75) is 24.7 Å². The molecule has 0 spiro atoms. The summed E-state index contributed by atoms with van der Waals surface area (Å²) in [7, 11) is 3.53. The van der Waals surface area contributed by atoms with Gasteiger partial charge in [0.1, 0.15) is 6.54 Å². The van der Waals surface area contributed by atoms with Crippen molar-refractivity contribution in [1.29, 1.82) is 0 Å². The van der Waals surface area contributed by atoms with Gasteiger partial charge in [0.2, 0.25) is 5.91 Å². The van der Waals surface area contributed by atoms with Crippen LogP contribution in [0.2, 0.25) is 0 Å². The van der Waals surface area contributed by atoms with E-state index >= 15 is 0 Å². The molecule has 0 aromatic heterocycles. The summed E-state index contributed by atoms with van der Waals surface area (Å²) >= 11 is 1.92. The van der Waals surface area contributed by atoms with Gasteiger partial charge in [0, 0.05) is 57.6 Å². The van der Waals surface area contributed by atoms with Gasteiger partial charge in [-0.15, -0.1) is 11.8 Å². The smallest absolute Gasteiger partial charge is 0.243 e. The van der Waals surface area contributed by atoms with Crippen molar-refractivity contribution in [2.24, 2.45) is 10.9 Å². The molecule has 28 heavy (non-hydrogen) atoms. The fourth-order valence-electron chi connectivity index (χ4n) is 2.96. The Morgan fingerprint density at radius 3 is 2.86 bits per heavy atom. The Morgan fingerprint density at radius 1 is 1.36 bits per heavy atom. The molecule has 2 rings (SSSR count). The van der Waals surface area contributed by atoms with E-state index in [0.29, 0.717) is 5.92 Å². The number of hydrogen-bond donors (Lipinski definition) is 1. The van der Waals surface area contributed by atoms with Crippen molar-refractivity contribution in [3.63, 3.8) is 0 Å². The van der Waals surface area contributed by atoms with E-state index in [9.17, 15) is 4.79 Å². The SMILES string of the molecule is CCOCCCNC(=NCC(=O)N(C)C)N1CCC(CSc2ccccc2)C1. The number of guanidine groups is 1. The lowest BCUT2D eigenvalue weighted by atomic mass is 10.2. The van der Waals surface area contributed by atoms with E-state index in [0.717, 1.165) is 57.4 Å². The molecule has 7 heteroatoms. The highest BCUT2D eigenvalue weighted by molar-refractivity contribution is 7.99. The fraction of sp³-hybridized carbons (Fsp3) is 0.619. The zero-order valence-electron chi connectivity index (χ0n) is 17.4. The number of carbonyl (C=O) groups is 1. The van der Waals surface area contributed by atoms with E-state index in [1.165, 1.54) is 4.90 Å². The highest BCUT2D eigenvalue weighted by Gasteiger charge is 2.25. The largest absolute Gasteiger partial charge is 0.382 e. The summed E-state index contributed by atoms with van der Waals surface area (Å²) in [4.78, 5) is 21.7. The first-order valence-electron chi connectivity index (χ1n) is 10.1. The van der Waals surface area contributed by atoms with Gasteiger partial charge < -0.3 is 19.9 Å². The first-order chi connectivity index (χ1) is 13.6. The van der Waals surface area contributed by atoms with E-state index in [4.69, 9.17) is 4.74 Å². The molecule has 1 fully saturated rings. The molecule has 6 nitrogen and oxygen atoms in total. The number of thioether (sulfide) groups is 1. The van der Waals surface area contributed by atoms with Crippen molar-refractivity contribution >= 4 is 23.6 Å². The molecule has 1 aliphatic heterocycles. The topological polar surface area (TPSA) is 57.2 Å². The Hall–Kier alpha value is -1.73. The second-order valence-electron chi connectivity index (χ2n) is 7.13. The van der Waals surface area contributed by atoms with Crippen LogP contribution in [0.1, 0.15) is 19.8 Å². The van der Waals surface area contributed by atoms with Crippen LogP contribution in [0.15, 0.2) is 40.2 Å². The number of amides is 1. The van der Waals surface area contributed by atoms with Gasteiger partial charge >= 0.3 is 0 Å². The molecule has 1 heterocycles. The van der Waals surface area contributed by atoms with Crippen LogP contribution >= 0.6 is 11.8 Å². The highest BCUT2D eigenvalue weighted by Crippen LogP contribution is 2.25. The van der Waals surface area contributed by atoms with Gasteiger partial charge in [-0.1, -0.05) is 18.2 Å². The van der Waals surface area contributed by atoms with E-state index in [-0.39, 0.29) is 12.5 Å². The van der Waals surface area contributed by atoms with Crippen LogP contribution < -0.4 is 5.32 Å². The third kappa shape index (κ3) is 8.10. The molecule has 1 atom stereocenters. The molecule has 1 aliphatic rings. The number of hydrogen-bond acceptors (Lipinski definition) is 4. The minimum absolute atomic E-state index is 0.0176. The molecule has 0 radical (unpaired) electrons. The number of aliphatic imine (C=N–C) groups is 1. The van der Waals surface area contributed by atoms with Gasteiger partial charge in [0.05, 0.1) is 0 Å². The summed E-state index contributed by atoms with van der Waals surface area (Å²) in [5, 5.41) is 3.43. The van der Waals surface area contributed by atoms with Crippen LogP contribution in [0.3, 0.4) is 0 Å². The van der Waals surface area contributed by atoms with Gasteiger partial charge in [-0.05, 0) is 37.8 Å². The molecule has 1 saturated heterocycles. The van der Waals surface area contributed by atoms with Gasteiger partial charge in [0.25, 0.3) is 0 Å². The zero-order chi connectivity index (χ0) is 20.2. The summed E-state index contributed by atoms with van der Waals surface area (Å²) in [5.74, 6) is 2.60. The summed E-state index contributed by atoms with van der Waals surface area (Å²) in [5.41, 5.74) is 0. The molecule has 156 valence electrons. The third-order valence-corrected chi connectivity index (χ3v) is 5.87. The van der Waals surface area contributed by atoms with Crippen molar-refractivity contribution in [1.82, 2.24) is 15.1 Å². The number of ether oxygens (including phenoxy) is 1. The quantitative estimate of drug-likeness (QED) is 0.280. The van der Waals surface area contributed by atoms with E-state index in [1.54, 1.807) is 19.0 Å². The third-order valence-electron chi connectivity index (χ3n) is 4.63. The molecule has 1 amide bonds. The Morgan fingerprint density at radius 2 is 2.14 bits per heavy atom. The van der Waals surface area contributed by atoms with Gasteiger partial charge in [-0.25, -0.2) is 4.99 Å². The molecule has 0 saturated carbocycles. The molecule has 0 aliphatic carbocycles. The van der Waals surface area contributed by atoms with E-state index in [2.05, 4.69) is 45.5 Å².